The number of ether oxygens (including phenoxy) is 1. The first kappa shape index (κ1) is 18.0. The molecule has 0 aliphatic carbocycles. The van der Waals surface area contributed by atoms with Crippen LogP contribution in [-0.4, -0.2) is 62.0 Å². The molecule has 3 rings (SSSR count). The molecule has 25 heavy (non-hydrogen) atoms. The van der Waals surface area contributed by atoms with E-state index in [2.05, 4.69) is 5.32 Å². The van der Waals surface area contributed by atoms with Crippen LogP contribution in [-0.2, 0) is 16.4 Å². The first-order valence-corrected chi connectivity index (χ1v) is 9.94. The zero-order valence-corrected chi connectivity index (χ0v) is 15.7. The molecule has 0 bridgehead atoms. The molecule has 1 saturated heterocycles. The molecule has 1 aromatic rings. The van der Waals surface area contributed by atoms with Crippen molar-refractivity contribution in [2.45, 2.75) is 37.6 Å². The Balaban J connectivity index is 1.67. The lowest BCUT2D eigenvalue weighted by Crippen LogP contribution is -2.55. The van der Waals surface area contributed by atoms with Gasteiger partial charge in [0.15, 0.2) is 0 Å². The third-order valence-electron chi connectivity index (χ3n) is 4.31. The summed E-state index contributed by atoms with van der Waals surface area (Å²) in [6.45, 7) is 7.72. The van der Waals surface area contributed by atoms with Gasteiger partial charge >= 0.3 is 6.03 Å². The maximum atomic E-state index is 12.9. The van der Waals surface area contributed by atoms with Gasteiger partial charge in [-0.3, -0.25) is 0 Å². The second kappa shape index (κ2) is 6.49. The number of rotatable bonds is 2. The molecule has 0 spiro atoms. The van der Waals surface area contributed by atoms with Crippen LogP contribution in [0.4, 0.5) is 4.79 Å². The van der Waals surface area contributed by atoms with E-state index in [0.717, 1.165) is 17.7 Å². The minimum Gasteiger partial charge on any atom is -0.493 e. The Labute approximate surface area is 149 Å². The lowest BCUT2D eigenvalue weighted by molar-refractivity contribution is 0.165. The number of fused-ring (bicyclic) bond motifs is 1. The van der Waals surface area contributed by atoms with E-state index in [1.807, 2.05) is 20.8 Å². The van der Waals surface area contributed by atoms with Crippen LogP contribution < -0.4 is 10.1 Å². The second-order valence-electron chi connectivity index (χ2n) is 7.44. The van der Waals surface area contributed by atoms with E-state index in [0.29, 0.717) is 37.7 Å². The number of nitrogens with one attached hydrogen (secondary N) is 1. The molecule has 8 heteroatoms. The van der Waals surface area contributed by atoms with Gasteiger partial charge in [-0.05, 0) is 44.5 Å². The van der Waals surface area contributed by atoms with Crippen LogP contribution in [0.5, 0.6) is 5.75 Å². The number of sulfonamides is 1. The van der Waals surface area contributed by atoms with Gasteiger partial charge in [0.1, 0.15) is 5.75 Å². The van der Waals surface area contributed by atoms with Gasteiger partial charge in [-0.15, -0.1) is 0 Å². The molecule has 1 aromatic carbocycles. The van der Waals surface area contributed by atoms with Gasteiger partial charge in [-0.1, -0.05) is 0 Å². The lowest BCUT2D eigenvalue weighted by atomic mass is 10.1. The third-order valence-corrected chi connectivity index (χ3v) is 6.20. The zero-order chi connectivity index (χ0) is 18.2. The van der Waals surface area contributed by atoms with Crippen molar-refractivity contribution in [2.24, 2.45) is 0 Å². The van der Waals surface area contributed by atoms with Gasteiger partial charge in [-0.2, -0.15) is 4.31 Å². The van der Waals surface area contributed by atoms with Crippen LogP contribution in [0.3, 0.4) is 0 Å². The van der Waals surface area contributed by atoms with Crippen LogP contribution >= 0.6 is 0 Å². The Kier molecular flexibility index (Phi) is 4.68. The van der Waals surface area contributed by atoms with Crippen molar-refractivity contribution in [3.05, 3.63) is 23.8 Å². The fourth-order valence-corrected chi connectivity index (χ4v) is 4.48. The van der Waals surface area contributed by atoms with Crippen LogP contribution in [0.15, 0.2) is 23.1 Å². The van der Waals surface area contributed by atoms with E-state index in [-0.39, 0.29) is 11.6 Å². The molecule has 0 unspecified atom stereocenters. The summed E-state index contributed by atoms with van der Waals surface area (Å²) in [5.74, 6) is 0.766. The van der Waals surface area contributed by atoms with E-state index in [9.17, 15) is 13.2 Å². The van der Waals surface area contributed by atoms with Crippen LogP contribution in [0.1, 0.15) is 26.3 Å². The van der Waals surface area contributed by atoms with E-state index < -0.39 is 10.0 Å². The first-order chi connectivity index (χ1) is 11.7. The summed E-state index contributed by atoms with van der Waals surface area (Å²) < 4.78 is 32.6. The molecule has 1 N–H and O–H groups in total. The van der Waals surface area contributed by atoms with Crippen molar-refractivity contribution in [1.82, 2.24) is 14.5 Å². The summed E-state index contributed by atoms with van der Waals surface area (Å²) in [5, 5.41) is 2.91. The van der Waals surface area contributed by atoms with Crippen molar-refractivity contribution in [3.63, 3.8) is 0 Å². The number of hydrogen-bond donors (Lipinski definition) is 1. The van der Waals surface area contributed by atoms with Gasteiger partial charge in [0.2, 0.25) is 10.0 Å². The molecule has 7 nitrogen and oxygen atoms in total. The molecule has 138 valence electrons. The molecule has 2 amide bonds. The van der Waals surface area contributed by atoms with E-state index >= 15 is 0 Å². The molecule has 2 aliphatic heterocycles. The topological polar surface area (TPSA) is 79.0 Å². The highest BCUT2D eigenvalue weighted by atomic mass is 32.2. The standard InChI is InChI=1S/C17H25N3O4S/c1-17(2,3)18-16(21)19-7-9-20(10-8-19)25(22,23)14-4-5-15-13(12-14)6-11-24-15/h4-5,12H,6-11H2,1-3H3,(H,18,21). The Morgan fingerprint density at radius 2 is 1.84 bits per heavy atom. The first-order valence-electron chi connectivity index (χ1n) is 8.50. The minimum atomic E-state index is -3.55. The fourth-order valence-electron chi connectivity index (χ4n) is 3.00. The largest absolute Gasteiger partial charge is 0.493 e. The highest BCUT2D eigenvalue weighted by molar-refractivity contribution is 7.89. The van der Waals surface area contributed by atoms with Gasteiger partial charge in [-0.25, -0.2) is 13.2 Å². The second-order valence-corrected chi connectivity index (χ2v) is 9.38. The third kappa shape index (κ3) is 3.90. The number of amides is 2. The minimum absolute atomic E-state index is 0.153. The highest BCUT2D eigenvalue weighted by Crippen LogP contribution is 2.29. The zero-order valence-electron chi connectivity index (χ0n) is 14.9. The van der Waals surface area contributed by atoms with Crippen molar-refractivity contribution in [1.29, 1.82) is 0 Å². The quantitative estimate of drug-likeness (QED) is 0.858. The number of urea groups is 1. The van der Waals surface area contributed by atoms with Crippen molar-refractivity contribution < 1.29 is 17.9 Å². The summed E-state index contributed by atoms with van der Waals surface area (Å²) in [4.78, 5) is 14.2. The summed E-state index contributed by atoms with van der Waals surface area (Å²) in [6, 6.07) is 4.87. The van der Waals surface area contributed by atoms with Crippen molar-refractivity contribution >= 4 is 16.1 Å². The number of nitrogens with zero attached hydrogens (tertiary/aromatic N) is 2. The molecule has 1 fully saturated rings. The smallest absolute Gasteiger partial charge is 0.317 e. The van der Waals surface area contributed by atoms with Gasteiger partial charge < -0.3 is 15.0 Å². The number of carbonyl (C=O) groups is 1. The van der Waals surface area contributed by atoms with Crippen molar-refractivity contribution in [2.75, 3.05) is 32.8 Å². The average molecular weight is 367 g/mol. The predicted molar refractivity (Wildman–Crippen MR) is 94.3 cm³/mol. The van der Waals surface area contributed by atoms with Gasteiger partial charge in [0.25, 0.3) is 0 Å². The Morgan fingerprint density at radius 1 is 1.16 bits per heavy atom. The molecule has 0 aromatic heterocycles. The molecule has 0 radical (unpaired) electrons. The predicted octanol–water partition coefficient (Wildman–Crippen LogP) is 1.44. The van der Waals surface area contributed by atoms with Crippen LogP contribution in [0, 0.1) is 0 Å². The average Bonchev–Trinajstić information content (AvgIpc) is 3.01. The lowest BCUT2D eigenvalue weighted by Gasteiger charge is -2.35. The number of piperazine rings is 1. The Bertz CT molecular complexity index is 763. The molecular weight excluding hydrogens is 342 g/mol. The maximum absolute atomic E-state index is 12.9. The Morgan fingerprint density at radius 3 is 2.48 bits per heavy atom. The monoisotopic (exact) mass is 367 g/mol. The SMILES string of the molecule is CC(C)(C)NC(=O)N1CCN(S(=O)(=O)c2ccc3c(c2)CCO3)CC1. The summed E-state index contributed by atoms with van der Waals surface area (Å²) in [6.07, 6.45) is 0.736. The number of carbonyl (C=O) groups excluding carboxylic acids is 1. The normalized spacial score (nSPS) is 18.6. The van der Waals surface area contributed by atoms with Crippen LogP contribution in [0.2, 0.25) is 0 Å². The molecule has 2 aliphatic rings. The Hall–Kier alpha value is -1.80. The summed E-state index contributed by atoms with van der Waals surface area (Å²) >= 11 is 0. The molecule has 0 atom stereocenters. The van der Waals surface area contributed by atoms with E-state index in [4.69, 9.17) is 4.74 Å². The number of benzene rings is 1. The highest BCUT2D eigenvalue weighted by Gasteiger charge is 2.31. The maximum Gasteiger partial charge on any atom is 0.317 e. The molecule has 2 heterocycles. The van der Waals surface area contributed by atoms with Gasteiger partial charge in [0.05, 0.1) is 11.5 Å². The summed E-state index contributed by atoms with van der Waals surface area (Å²) in [5.41, 5.74) is 0.622. The number of hydrogen-bond acceptors (Lipinski definition) is 4. The van der Waals surface area contributed by atoms with Crippen LogP contribution in [0.25, 0.3) is 0 Å². The molecular formula is C17H25N3O4S. The van der Waals surface area contributed by atoms with E-state index in [1.165, 1.54) is 4.31 Å². The van der Waals surface area contributed by atoms with Crippen molar-refractivity contribution in [3.8, 4) is 5.75 Å². The summed E-state index contributed by atoms with van der Waals surface area (Å²) in [7, 11) is -3.55. The van der Waals surface area contributed by atoms with E-state index in [1.54, 1.807) is 23.1 Å². The molecule has 0 saturated carbocycles. The fraction of sp³-hybridized carbons (Fsp3) is 0.588. The van der Waals surface area contributed by atoms with Gasteiger partial charge in [0, 0.05) is 38.1 Å².